The van der Waals surface area contributed by atoms with Gasteiger partial charge < -0.3 is 15.4 Å². The lowest BCUT2D eigenvalue weighted by atomic mass is 10.0. The van der Waals surface area contributed by atoms with Crippen molar-refractivity contribution in [2.24, 2.45) is 0 Å². The van der Waals surface area contributed by atoms with Gasteiger partial charge in [-0.25, -0.2) is 0 Å². The molecule has 1 aliphatic rings. The molecule has 1 aromatic carbocycles. The summed E-state index contributed by atoms with van der Waals surface area (Å²) in [6.07, 6.45) is 7.74. The van der Waals surface area contributed by atoms with Crippen LogP contribution in [0.5, 0.6) is 5.75 Å². The second kappa shape index (κ2) is 9.32. The number of hydrazine groups is 1. The average molecular weight is 351 g/mol. The van der Waals surface area contributed by atoms with Gasteiger partial charge in [-0.05, 0) is 74.9 Å². The maximum Gasteiger partial charge on any atom is 0.189 e. The summed E-state index contributed by atoms with van der Waals surface area (Å²) in [5, 5.41) is 7.27. The Labute approximate surface area is 147 Å². The number of anilines is 1. The number of hydrogen-bond donors (Lipinski definition) is 4. The fourth-order valence-corrected chi connectivity index (χ4v) is 2.59. The Balaban J connectivity index is 1.70. The summed E-state index contributed by atoms with van der Waals surface area (Å²) in [7, 11) is 0. The molecule has 1 atom stereocenters. The lowest BCUT2D eigenvalue weighted by Gasteiger charge is -2.21. The third kappa shape index (κ3) is 6.42. The smallest absolute Gasteiger partial charge is 0.189 e. The molecule has 0 bridgehead atoms. The quantitative estimate of drug-likeness (QED) is 0.378. The van der Waals surface area contributed by atoms with E-state index in [1.165, 1.54) is 6.42 Å². The van der Waals surface area contributed by atoms with Crippen molar-refractivity contribution in [1.82, 2.24) is 16.2 Å². The number of allylic oxidation sites excluding steroid dienone is 1. The molecule has 0 radical (unpaired) electrons. The molecule has 124 valence electrons. The van der Waals surface area contributed by atoms with Gasteiger partial charge in [-0.15, -0.1) is 0 Å². The SMILES string of the molecule is CCOc1ccc(NC(=S)NNC(=S)N[C@@H]2C=CCCC2)cc1. The van der Waals surface area contributed by atoms with E-state index >= 15 is 0 Å². The predicted molar refractivity (Wildman–Crippen MR) is 103 cm³/mol. The van der Waals surface area contributed by atoms with Gasteiger partial charge in [0.05, 0.1) is 6.61 Å². The lowest BCUT2D eigenvalue weighted by Crippen LogP contribution is -2.50. The molecule has 0 amide bonds. The van der Waals surface area contributed by atoms with Crippen LogP contribution in [0, 0.1) is 0 Å². The number of rotatable bonds is 4. The van der Waals surface area contributed by atoms with E-state index in [-0.39, 0.29) is 6.04 Å². The number of nitrogens with one attached hydrogen (secondary N) is 4. The molecule has 0 saturated carbocycles. The van der Waals surface area contributed by atoms with Gasteiger partial charge in [-0.2, -0.15) is 0 Å². The Hall–Kier alpha value is -1.86. The third-order valence-electron chi connectivity index (χ3n) is 3.28. The van der Waals surface area contributed by atoms with Crippen molar-refractivity contribution in [3.8, 4) is 5.75 Å². The van der Waals surface area contributed by atoms with Crippen LogP contribution in [0.3, 0.4) is 0 Å². The van der Waals surface area contributed by atoms with Crippen molar-refractivity contribution in [3.05, 3.63) is 36.4 Å². The maximum absolute atomic E-state index is 5.40. The van der Waals surface area contributed by atoms with Crippen molar-refractivity contribution in [3.63, 3.8) is 0 Å². The zero-order valence-corrected chi connectivity index (χ0v) is 14.7. The van der Waals surface area contributed by atoms with E-state index in [4.69, 9.17) is 29.2 Å². The minimum atomic E-state index is 0.290. The molecule has 7 heteroatoms. The third-order valence-corrected chi connectivity index (χ3v) is 3.71. The van der Waals surface area contributed by atoms with E-state index in [2.05, 4.69) is 33.6 Å². The zero-order valence-electron chi connectivity index (χ0n) is 13.1. The van der Waals surface area contributed by atoms with Gasteiger partial charge in [0, 0.05) is 11.7 Å². The minimum Gasteiger partial charge on any atom is -0.494 e. The van der Waals surface area contributed by atoms with Crippen LogP contribution >= 0.6 is 24.4 Å². The number of thiocarbonyl (C=S) groups is 2. The Kier molecular flexibility index (Phi) is 7.09. The lowest BCUT2D eigenvalue weighted by molar-refractivity contribution is 0.340. The summed E-state index contributed by atoms with van der Waals surface area (Å²) in [6.45, 7) is 2.61. The molecule has 0 aliphatic heterocycles. The van der Waals surface area contributed by atoms with E-state index in [9.17, 15) is 0 Å². The Morgan fingerprint density at radius 2 is 1.91 bits per heavy atom. The van der Waals surface area contributed by atoms with E-state index in [0.717, 1.165) is 24.3 Å². The summed E-state index contributed by atoms with van der Waals surface area (Å²) in [4.78, 5) is 0. The molecule has 0 fully saturated rings. The Morgan fingerprint density at radius 1 is 1.17 bits per heavy atom. The highest BCUT2D eigenvalue weighted by atomic mass is 32.1. The largest absolute Gasteiger partial charge is 0.494 e. The van der Waals surface area contributed by atoms with Gasteiger partial charge in [-0.1, -0.05) is 12.2 Å². The normalized spacial score (nSPS) is 16.3. The van der Waals surface area contributed by atoms with Crippen LogP contribution in [0.2, 0.25) is 0 Å². The summed E-state index contributed by atoms with van der Waals surface area (Å²) in [6, 6.07) is 7.88. The van der Waals surface area contributed by atoms with Crippen LogP contribution in [0.25, 0.3) is 0 Å². The van der Waals surface area contributed by atoms with Crippen LogP contribution < -0.4 is 26.2 Å². The van der Waals surface area contributed by atoms with Gasteiger partial charge in [0.15, 0.2) is 10.2 Å². The van der Waals surface area contributed by atoms with Crippen molar-refractivity contribution in [1.29, 1.82) is 0 Å². The number of benzene rings is 1. The molecule has 1 aliphatic carbocycles. The van der Waals surface area contributed by atoms with E-state index in [1.807, 2.05) is 31.2 Å². The van der Waals surface area contributed by atoms with Gasteiger partial charge in [0.1, 0.15) is 5.75 Å². The summed E-state index contributed by atoms with van der Waals surface area (Å²) >= 11 is 10.5. The second-order valence-corrected chi connectivity index (χ2v) is 5.92. The molecule has 1 aromatic rings. The van der Waals surface area contributed by atoms with Gasteiger partial charge in [0.25, 0.3) is 0 Å². The highest BCUT2D eigenvalue weighted by molar-refractivity contribution is 7.80. The molecule has 2 rings (SSSR count). The van der Waals surface area contributed by atoms with Crippen LogP contribution in [0.15, 0.2) is 36.4 Å². The first kappa shape index (κ1) is 17.5. The van der Waals surface area contributed by atoms with Gasteiger partial charge in [-0.3, -0.25) is 10.9 Å². The first-order valence-electron chi connectivity index (χ1n) is 7.70. The molecular formula is C16H22N4OS2. The molecule has 0 spiro atoms. The summed E-state index contributed by atoms with van der Waals surface area (Å²) in [5.74, 6) is 0.834. The molecule has 0 aromatic heterocycles. The summed E-state index contributed by atoms with van der Waals surface area (Å²) in [5.41, 5.74) is 6.64. The van der Waals surface area contributed by atoms with Gasteiger partial charge in [0.2, 0.25) is 0 Å². The molecule has 0 heterocycles. The monoisotopic (exact) mass is 350 g/mol. The highest BCUT2D eigenvalue weighted by Gasteiger charge is 2.09. The van der Waals surface area contributed by atoms with Crippen molar-refractivity contribution in [2.45, 2.75) is 32.2 Å². The molecule has 23 heavy (non-hydrogen) atoms. The van der Waals surface area contributed by atoms with E-state index in [1.54, 1.807) is 0 Å². The standard InChI is InChI=1S/C16H22N4OS2/c1-2-21-14-10-8-13(9-11-14)18-16(23)20-19-15(22)17-12-6-4-3-5-7-12/h4,6,8-12H,2-3,5,7H2,1H3,(H2,17,19,22)(H2,18,20,23)/t12-/m1/s1. The predicted octanol–water partition coefficient (Wildman–Crippen LogP) is 2.86. The fourth-order valence-electron chi connectivity index (χ4n) is 2.21. The fraction of sp³-hybridized carbons (Fsp3) is 0.375. The van der Waals surface area contributed by atoms with Gasteiger partial charge >= 0.3 is 0 Å². The molecule has 0 saturated heterocycles. The first-order valence-corrected chi connectivity index (χ1v) is 8.52. The Morgan fingerprint density at radius 3 is 2.57 bits per heavy atom. The topological polar surface area (TPSA) is 57.4 Å². The van der Waals surface area contributed by atoms with Crippen LogP contribution in [0.4, 0.5) is 5.69 Å². The molecule has 4 N–H and O–H groups in total. The van der Waals surface area contributed by atoms with Crippen LogP contribution in [-0.4, -0.2) is 22.9 Å². The number of ether oxygens (including phenoxy) is 1. The maximum atomic E-state index is 5.40. The number of hydrogen-bond acceptors (Lipinski definition) is 3. The minimum absolute atomic E-state index is 0.290. The highest BCUT2D eigenvalue weighted by Crippen LogP contribution is 2.15. The molecular weight excluding hydrogens is 328 g/mol. The first-order chi connectivity index (χ1) is 11.2. The Bertz CT molecular complexity index is 560. The second-order valence-electron chi connectivity index (χ2n) is 5.10. The average Bonchev–Trinajstić information content (AvgIpc) is 2.56. The summed E-state index contributed by atoms with van der Waals surface area (Å²) < 4.78 is 5.40. The molecule has 5 nitrogen and oxygen atoms in total. The van der Waals surface area contributed by atoms with E-state index < -0.39 is 0 Å². The zero-order chi connectivity index (χ0) is 16.5. The van der Waals surface area contributed by atoms with Crippen LogP contribution in [-0.2, 0) is 0 Å². The van der Waals surface area contributed by atoms with Crippen LogP contribution in [0.1, 0.15) is 26.2 Å². The van der Waals surface area contributed by atoms with E-state index in [0.29, 0.717) is 16.8 Å². The van der Waals surface area contributed by atoms with Crippen molar-refractivity contribution in [2.75, 3.05) is 11.9 Å². The van der Waals surface area contributed by atoms with Crippen molar-refractivity contribution >= 4 is 40.3 Å². The molecule has 0 unspecified atom stereocenters. The van der Waals surface area contributed by atoms with Crippen molar-refractivity contribution < 1.29 is 4.74 Å².